The van der Waals surface area contributed by atoms with E-state index >= 15 is 0 Å². The highest BCUT2D eigenvalue weighted by Gasteiger charge is 2.21. The van der Waals surface area contributed by atoms with Crippen molar-refractivity contribution in [1.82, 2.24) is 24.6 Å². The molecule has 0 aromatic carbocycles. The maximum atomic E-state index is 12.3. The van der Waals surface area contributed by atoms with E-state index in [1.54, 1.807) is 23.3 Å². The fraction of sp³-hybridized carbons (Fsp3) is 0.500. The van der Waals surface area contributed by atoms with Gasteiger partial charge in [-0.05, 0) is 19.9 Å². The number of amides is 1. The molecule has 1 aliphatic rings. The van der Waals surface area contributed by atoms with E-state index in [1.807, 2.05) is 19.9 Å². The van der Waals surface area contributed by atoms with Crippen LogP contribution < -0.4 is 10.2 Å². The molecule has 1 saturated heterocycles. The van der Waals surface area contributed by atoms with Crippen LogP contribution in [0.5, 0.6) is 0 Å². The Morgan fingerprint density at radius 2 is 1.92 bits per heavy atom. The van der Waals surface area contributed by atoms with Gasteiger partial charge in [0, 0.05) is 50.7 Å². The number of carbonyl (C=O) groups excluding carboxylic acids is 1. The molecular weight excluding hydrogens is 306 g/mol. The third-order valence-electron chi connectivity index (χ3n) is 4.15. The summed E-state index contributed by atoms with van der Waals surface area (Å²) in [6.07, 6.45) is 5.28. The van der Waals surface area contributed by atoms with Crippen LogP contribution in [0.4, 0.5) is 11.8 Å². The molecular formula is C16H23N7O. The minimum absolute atomic E-state index is 0.00212. The molecule has 0 spiro atoms. The van der Waals surface area contributed by atoms with E-state index in [4.69, 9.17) is 0 Å². The third-order valence-corrected chi connectivity index (χ3v) is 4.15. The highest BCUT2D eigenvalue weighted by Crippen LogP contribution is 2.14. The van der Waals surface area contributed by atoms with Crippen molar-refractivity contribution < 1.29 is 4.79 Å². The highest BCUT2D eigenvalue weighted by atomic mass is 16.2. The lowest BCUT2D eigenvalue weighted by Gasteiger charge is -2.34. The largest absolute Gasteiger partial charge is 0.338 e. The van der Waals surface area contributed by atoms with Crippen molar-refractivity contribution in [2.45, 2.75) is 20.4 Å². The maximum Gasteiger partial charge on any atom is 0.239 e. The van der Waals surface area contributed by atoms with E-state index in [2.05, 4.69) is 30.2 Å². The molecule has 0 saturated carbocycles. The first kappa shape index (κ1) is 16.4. The highest BCUT2D eigenvalue weighted by molar-refractivity contribution is 5.92. The summed E-state index contributed by atoms with van der Waals surface area (Å²) in [5, 5.41) is 7.23. The number of aryl methyl sites for hydroxylation is 2. The quantitative estimate of drug-likeness (QED) is 0.872. The first-order chi connectivity index (χ1) is 11.7. The number of rotatable bonds is 5. The molecule has 1 N–H and O–H groups in total. The second-order valence-corrected chi connectivity index (χ2v) is 5.85. The van der Waals surface area contributed by atoms with Crippen molar-refractivity contribution in [3.63, 3.8) is 0 Å². The summed E-state index contributed by atoms with van der Waals surface area (Å²) >= 11 is 0. The molecule has 2 aromatic heterocycles. The molecule has 2 aromatic rings. The van der Waals surface area contributed by atoms with E-state index in [0.29, 0.717) is 6.54 Å². The van der Waals surface area contributed by atoms with Crippen LogP contribution in [-0.4, -0.2) is 63.3 Å². The van der Waals surface area contributed by atoms with E-state index < -0.39 is 0 Å². The molecule has 24 heavy (non-hydrogen) atoms. The Morgan fingerprint density at radius 1 is 1.21 bits per heavy atom. The molecule has 1 amide bonds. The Morgan fingerprint density at radius 3 is 2.58 bits per heavy atom. The van der Waals surface area contributed by atoms with Crippen LogP contribution in [0.3, 0.4) is 0 Å². The molecule has 0 bridgehead atoms. The number of hydrogen-bond donors (Lipinski definition) is 1. The maximum absolute atomic E-state index is 12.3. The predicted octanol–water partition coefficient (Wildman–Crippen LogP) is 0.762. The molecule has 0 atom stereocenters. The standard InChI is InChI=1S/C16H23N7O/c1-3-23-15(13(2)11-19-23)20-14(24)12-21-7-9-22(10-8-21)16-17-5-4-6-18-16/h4-6,11H,3,7-10,12H2,1-2H3,(H,20,24). The summed E-state index contributed by atoms with van der Waals surface area (Å²) < 4.78 is 1.80. The third kappa shape index (κ3) is 3.70. The molecule has 1 fully saturated rings. The monoisotopic (exact) mass is 329 g/mol. The topological polar surface area (TPSA) is 79.2 Å². The first-order valence-corrected chi connectivity index (χ1v) is 8.24. The van der Waals surface area contributed by atoms with Gasteiger partial charge in [-0.2, -0.15) is 5.10 Å². The minimum Gasteiger partial charge on any atom is -0.338 e. The Bertz CT molecular complexity index is 677. The Kier molecular flexibility index (Phi) is 5.05. The molecule has 0 aliphatic carbocycles. The van der Waals surface area contributed by atoms with Gasteiger partial charge >= 0.3 is 0 Å². The van der Waals surface area contributed by atoms with Gasteiger partial charge in [0.15, 0.2) is 0 Å². The molecule has 0 unspecified atom stereocenters. The summed E-state index contributed by atoms with van der Waals surface area (Å²) in [6, 6.07) is 1.81. The lowest BCUT2D eigenvalue weighted by molar-refractivity contribution is -0.117. The lowest BCUT2D eigenvalue weighted by Crippen LogP contribution is -2.49. The van der Waals surface area contributed by atoms with Crippen LogP contribution in [0.2, 0.25) is 0 Å². The zero-order valence-corrected chi connectivity index (χ0v) is 14.1. The summed E-state index contributed by atoms with van der Waals surface area (Å²) in [7, 11) is 0. The van der Waals surface area contributed by atoms with Crippen LogP contribution in [0.25, 0.3) is 0 Å². The number of piperazine rings is 1. The average molecular weight is 329 g/mol. The van der Waals surface area contributed by atoms with E-state index in [0.717, 1.165) is 50.1 Å². The molecule has 0 radical (unpaired) electrons. The van der Waals surface area contributed by atoms with Crippen molar-refractivity contribution in [2.24, 2.45) is 0 Å². The fourth-order valence-corrected chi connectivity index (χ4v) is 2.82. The van der Waals surface area contributed by atoms with Gasteiger partial charge in [0.05, 0.1) is 12.7 Å². The number of nitrogens with zero attached hydrogens (tertiary/aromatic N) is 6. The zero-order valence-electron chi connectivity index (χ0n) is 14.1. The summed E-state index contributed by atoms with van der Waals surface area (Å²) in [4.78, 5) is 25.2. The van der Waals surface area contributed by atoms with Crippen LogP contribution in [0.1, 0.15) is 12.5 Å². The Balaban J connectivity index is 1.51. The van der Waals surface area contributed by atoms with Gasteiger partial charge in [0.1, 0.15) is 5.82 Å². The van der Waals surface area contributed by atoms with Gasteiger partial charge in [-0.3, -0.25) is 9.69 Å². The van der Waals surface area contributed by atoms with Gasteiger partial charge in [0.2, 0.25) is 11.9 Å². The molecule has 8 heteroatoms. The Labute approximate surface area is 141 Å². The van der Waals surface area contributed by atoms with Gasteiger partial charge in [-0.15, -0.1) is 0 Å². The van der Waals surface area contributed by atoms with E-state index in [1.165, 1.54) is 0 Å². The smallest absolute Gasteiger partial charge is 0.239 e. The van der Waals surface area contributed by atoms with Gasteiger partial charge in [-0.25, -0.2) is 14.6 Å². The van der Waals surface area contributed by atoms with Crippen LogP contribution in [0, 0.1) is 6.92 Å². The van der Waals surface area contributed by atoms with Gasteiger partial charge < -0.3 is 10.2 Å². The van der Waals surface area contributed by atoms with Crippen molar-refractivity contribution in [3.8, 4) is 0 Å². The molecule has 3 heterocycles. The summed E-state index contributed by atoms with van der Waals surface area (Å²) in [5.74, 6) is 1.54. The van der Waals surface area contributed by atoms with Crippen molar-refractivity contribution in [1.29, 1.82) is 0 Å². The molecule has 3 rings (SSSR count). The summed E-state index contributed by atoms with van der Waals surface area (Å²) in [6.45, 7) is 8.36. The van der Waals surface area contributed by atoms with E-state index in [-0.39, 0.29) is 5.91 Å². The van der Waals surface area contributed by atoms with E-state index in [9.17, 15) is 4.79 Å². The number of nitrogens with one attached hydrogen (secondary N) is 1. The number of aromatic nitrogens is 4. The Hall–Kier alpha value is -2.48. The van der Waals surface area contributed by atoms with Crippen molar-refractivity contribution in [2.75, 3.05) is 42.9 Å². The first-order valence-electron chi connectivity index (χ1n) is 8.24. The van der Waals surface area contributed by atoms with Crippen LogP contribution in [0.15, 0.2) is 24.7 Å². The molecule has 1 aliphatic heterocycles. The minimum atomic E-state index is -0.00212. The van der Waals surface area contributed by atoms with Crippen LogP contribution in [-0.2, 0) is 11.3 Å². The molecule has 128 valence electrons. The number of anilines is 2. The normalized spacial score (nSPS) is 15.5. The number of hydrogen-bond acceptors (Lipinski definition) is 6. The predicted molar refractivity (Wildman–Crippen MR) is 92.0 cm³/mol. The molecule has 8 nitrogen and oxygen atoms in total. The van der Waals surface area contributed by atoms with Crippen molar-refractivity contribution >= 4 is 17.7 Å². The zero-order chi connectivity index (χ0) is 16.9. The summed E-state index contributed by atoms with van der Waals surface area (Å²) in [5.41, 5.74) is 0.983. The van der Waals surface area contributed by atoms with Gasteiger partial charge in [-0.1, -0.05) is 0 Å². The second-order valence-electron chi connectivity index (χ2n) is 5.85. The SMILES string of the molecule is CCn1ncc(C)c1NC(=O)CN1CCN(c2ncccn2)CC1. The second kappa shape index (κ2) is 7.39. The van der Waals surface area contributed by atoms with Gasteiger partial charge in [0.25, 0.3) is 0 Å². The average Bonchev–Trinajstić information content (AvgIpc) is 2.96. The lowest BCUT2D eigenvalue weighted by atomic mass is 10.3. The van der Waals surface area contributed by atoms with Crippen molar-refractivity contribution in [3.05, 3.63) is 30.2 Å². The fourth-order valence-electron chi connectivity index (χ4n) is 2.82. The number of carbonyl (C=O) groups is 1. The van der Waals surface area contributed by atoms with Crippen LogP contribution >= 0.6 is 0 Å².